The van der Waals surface area contributed by atoms with Crippen LogP contribution in [0, 0.1) is 0 Å². The molecular formula is C10H13Cl2Mg2O2P. The summed E-state index contributed by atoms with van der Waals surface area (Å²) in [5.74, 6) is 0. The van der Waals surface area contributed by atoms with Crippen LogP contribution in [0.15, 0.2) is 24.3 Å². The smallest absolute Gasteiger partial charge is 1.00 e. The number of rotatable bonds is 4. The first kappa shape index (κ1) is 27.1. The summed E-state index contributed by atoms with van der Waals surface area (Å²) in [7, 11) is -2.42. The predicted molar refractivity (Wildman–Crippen MR) is 63.1 cm³/mol. The van der Waals surface area contributed by atoms with Gasteiger partial charge in [-0.05, 0) is 18.4 Å². The molecule has 1 aromatic rings. The standard InChI is InChI=1S/C10H13O2P.2ClH.2Mg/c1-2-3-4-9-5-7-10(8-6-9)13(11)12;;;;/h5-8H,2-4H2,1H3;2*1H;;/q-2;;;2*+2/p-2. The molecule has 7 heteroatoms. The van der Waals surface area contributed by atoms with Gasteiger partial charge in [0.2, 0.25) is 0 Å². The van der Waals surface area contributed by atoms with E-state index >= 15 is 0 Å². The van der Waals surface area contributed by atoms with Gasteiger partial charge in [0.1, 0.15) is 0 Å². The first-order valence-corrected chi connectivity index (χ1v) is 5.65. The van der Waals surface area contributed by atoms with Crippen LogP contribution in [-0.4, -0.2) is 46.1 Å². The molecule has 0 aliphatic rings. The molecule has 0 saturated carbocycles. The minimum absolute atomic E-state index is 0. The van der Waals surface area contributed by atoms with E-state index in [-0.39, 0.29) is 70.9 Å². The van der Waals surface area contributed by atoms with Crippen LogP contribution in [0.5, 0.6) is 0 Å². The molecule has 0 aliphatic carbocycles. The fourth-order valence-electron chi connectivity index (χ4n) is 1.17. The summed E-state index contributed by atoms with van der Waals surface area (Å²) < 4.78 is 0. The molecule has 0 saturated heterocycles. The summed E-state index contributed by atoms with van der Waals surface area (Å²) >= 11 is 0. The Morgan fingerprint density at radius 2 is 1.47 bits per heavy atom. The van der Waals surface area contributed by atoms with Crippen molar-refractivity contribution in [2.24, 2.45) is 0 Å². The molecule has 1 rings (SSSR count). The Balaban J connectivity index is -0.000000211. The monoisotopic (exact) mass is 314 g/mol. The number of aryl methyl sites for hydroxylation is 1. The van der Waals surface area contributed by atoms with Crippen LogP contribution in [-0.2, 0) is 6.42 Å². The van der Waals surface area contributed by atoms with E-state index in [1.807, 2.05) is 12.1 Å². The Morgan fingerprint density at radius 1 is 1.00 bits per heavy atom. The average Bonchev–Trinajstić information content (AvgIpc) is 2.15. The maximum atomic E-state index is 10.6. The normalized spacial score (nSPS) is 8.24. The summed E-state index contributed by atoms with van der Waals surface area (Å²) in [6.45, 7) is 2.14. The Bertz CT molecular complexity index is 261. The first-order chi connectivity index (χ1) is 6.24. The third kappa shape index (κ3) is 11.2. The molecule has 0 unspecified atom stereocenters. The second-order valence-electron chi connectivity index (χ2n) is 3.03. The van der Waals surface area contributed by atoms with Crippen LogP contribution in [0.2, 0.25) is 0 Å². The molecule has 0 atom stereocenters. The minimum Gasteiger partial charge on any atom is -1.00 e. The molecule has 1 aromatic carbocycles. The summed E-state index contributed by atoms with van der Waals surface area (Å²) in [5, 5.41) is 0.398. The Morgan fingerprint density at radius 3 is 1.82 bits per heavy atom. The number of hydrogen-bond acceptors (Lipinski definition) is 2. The molecule has 88 valence electrons. The molecule has 0 heterocycles. The van der Waals surface area contributed by atoms with Gasteiger partial charge in [0.15, 0.2) is 0 Å². The number of benzene rings is 1. The van der Waals surface area contributed by atoms with Crippen molar-refractivity contribution in [3.63, 3.8) is 0 Å². The summed E-state index contributed by atoms with van der Waals surface area (Å²) in [4.78, 5) is 21.1. The van der Waals surface area contributed by atoms with Crippen molar-refractivity contribution in [1.82, 2.24) is 0 Å². The van der Waals surface area contributed by atoms with Crippen LogP contribution in [0.4, 0.5) is 0 Å². The molecule has 0 aromatic heterocycles. The van der Waals surface area contributed by atoms with E-state index in [9.17, 15) is 9.79 Å². The van der Waals surface area contributed by atoms with Gasteiger partial charge >= 0.3 is 46.1 Å². The van der Waals surface area contributed by atoms with E-state index in [4.69, 9.17) is 0 Å². The van der Waals surface area contributed by atoms with Gasteiger partial charge in [-0.15, -0.1) is 0 Å². The second kappa shape index (κ2) is 15.7. The Kier molecular flexibility index (Phi) is 25.1. The number of unbranched alkanes of at least 4 members (excludes halogenated alkanes) is 1. The summed E-state index contributed by atoms with van der Waals surface area (Å²) in [6, 6.07) is 7.10. The first-order valence-electron chi connectivity index (χ1n) is 4.47. The van der Waals surface area contributed by atoms with Gasteiger partial charge in [0.05, 0.1) is 0 Å². The van der Waals surface area contributed by atoms with Gasteiger partial charge in [-0.3, -0.25) is 8.38 Å². The largest absolute Gasteiger partial charge is 2.00 e. The molecule has 0 amide bonds. The zero-order chi connectivity index (χ0) is 9.68. The van der Waals surface area contributed by atoms with E-state index in [0.29, 0.717) is 5.30 Å². The molecule has 0 aliphatic heterocycles. The van der Waals surface area contributed by atoms with E-state index in [2.05, 4.69) is 6.92 Å². The Hall–Kier alpha value is 1.68. The van der Waals surface area contributed by atoms with Gasteiger partial charge in [-0.25, -0.2) is 0 Å². The van der Waals surface area contributed by atoms with Gasteiger partial charge in [-0.1, -0.05) is 42.9 Å². The summed E-state index contributed by atoms with van der Waals surface area (Å²) in [5.41, 5.74) is 1.21. The molecule has 17 heavy (non-hydrogen) atoms. The molecule has 0 spiro atoms. The van der Waals surface area contributed by atoms with Crippen molar-refractivity contribution in [2.45, 2.75) is 26.2 Å². The van der Waals surface area contributed by atoms with Crippen molar-refractivity contribution in [2.75, 3.05) is 0 Å². The molecule has 0 N–H and O–H groups in total. The van der Waals surface area contributed by atoms with E-state index in [1.165, 1.54) is 5.56 Å². The van der Waals surface area contributed by atoms with E-state index in [1.54, 1.807) is 12.1 Å². The van der Waals surface area contributed by atoms with E-state index in [0.717, 1.165) is 19.3 Å². The third-order valence-corrected chi connectivity index (χ3v) is 2.69. The molecule has 0 fully saturated rings. The fraction of sp³-hybridized carbons (Fsp3) is 0.400. The number of halogens is 2. The molecular weight excluding hydrogens is 303 g/mol. The Labute approximate surface area is 149 Å². The van der Waals surface area contributed by atoms with Crippen LogP contribution < -0.4 is 39.9 Å². The zero-order valence-electron chi connectivity index (χ0n) is 9.86. The average molecular weight is 316 g/mol. The topological polar surface area (TPSA) is 46.1 Å². The minimum atomic E-state index is -2.42. The van der Waals surface area contributed by atoms with Gasteiger partial charge in [0.25, 0.3) is 0 Å². The van der Waals surface area contributed by atoms with Crippen molar-refractivity contribution >= 4 is 59.8 Å². The SMILES string of the molecule is CCCCc1ccc(P([O-])[O-])cc1.[Cl-].[Cl-].[Mg+2].[Mg+2]. The van der Waals surface area contributed by atoms with Crippen LogP contribution >= 0.6 is 8.38 Å². The third-order valence-electron chi connectivity index (χ3n) is 1.97. The van der Waals surface area contributed by atoms with Crippen molar-refractivity contribution in [3.05, 3.63) is 29.8 Å². The van der Waals surface area contributed by atoms with Gasteiger partial charge < -0.3 is 34.6 Å². The van der Waals surface area contributed by atoms with Gasteiger partial charge in [-0.2, -0.15) is 0 Å². The molecule has 2 nitrogen and oxygen atoms in total. The molecule has 0 bridgehead atoms. The van der Waals surface area contributed by atoms with Crippen molar-refractivity contribution < 1.29 is 34.6 Å². The van der Waals surface area contributed by atoms with Crippen molar-refractivity contribution in [1.29, 1.82) is 0 Å². The quantitative estimate of drug-likeness (QED) is 0.410. The number of hydrogen-bond donors (Lipinski definition) is 0. The van der Waals surface area contributed by atoms with E-state index < -0.39 is 8.38 Å². The van der Waals surface area contributed by atoms with Crippen LogP contribution in [0.1, 0.15) is 25.3 Å². The predicted octanol–water partition coefficient (Wildman–Crippen LogP) is -6.07. The van der Waals surface area contributed by atoms with Crippen LogP contribution in [0.25, 0.3) is 0 Å². The second-order valence-corrected chi connectivity index (χ2v) is 4.06. The zero-order valence-corrected chi connectivity index (χ0v) is 15.1. The maximum absolute atomic E-state index is 10.6. The maximum Gasteiger partial charge on any atom is 2.00 e. The van der Waals surface area contributed by atoms with Crippen molar-refractivity contribution in [3.8, 4) is 0 Å². The molecule has 0 radical (unpaired) electrons. The van der Waals surface area contributed by atoms with Gasteiger partial charge in [0, 0.05) is 0 Å². The fourth-order valence-corrected chi connectivity index (χ4v) is 1.56. The van der Waals surface area contributed by atoms with Crippen LogP contribution in [0.3, 0.4) is 0 Å². The summed E-state index contributed by atoms with van der Waals surface area (Å²) in [6.07, 6.45) is 3.35.